The fourth-order valence-corrected chi connectivity index (χ4v) is 3.35. The third-order valence-corrected chi connectivity index (χ3v) is 4.28. The Morgan fingerprint density at radius 1 is 1.28 bits per heavy atom. The van der Waals surface area contributed by atoms with Gasteiger partial charge in [0.1, 0.15) is 17.6 Å². The average molecular weight is 262 g/mol. The largest absolute Gasteiger partial charge is 0.464 e. The number of aryl methyl sites for hydroxylation is 1. The minimum atomic E-state index is 0.279. The molecule has 1 saturated heterocycles. The summed E-state index contributed by atoms with van der Waals surface area (Å²) in [4.78, 5) is 3.87. The first-order valence-electron chi connectivity index (χ1n) is 6.39. The number of hydrogen-bond donors (Lipinski definition) is 1. The van der Waals surface area contributed by atoms with Crippen LogP contribution in [0.1, 0.15) is 22.4 Å². The van der Waals surface area contributed by atoms with Crippen LogP contribution in [-0.2, 0) is 0 Å². The van der Waals surface area contributed by atoms with E-state index in [4.69, 9.17) is 4.42 Å². The summed E-state index contributed by atoms with van der Waals surface area (Å²) < 4.78 is 5.87. The summed E-state index contributed by atoms with van der Waals surface area (Å²) in [5.74, 6) is 2.05. The van der Waals surface area contributed by atoms with Gasteiger partial charge in [0, 0.05) is 31.1 Å². The van der Waals surface area contributed by atoms with Crippen molar-refractivity contribution in [1.29, 1.82) is 0 Å². The SMILES string of the molecule is Cc1ccc([C@@H](c2cccs2)N2CCNCC2)o1. The topological polar surface area (TPSA) is 28.4 Å². The fraction of sp³-hybridized carbons (Fsp3) is 0.429. The number of hydrogen-bond acceptors (Lipinski definition) is 4. The summed E-state index contributed by atoms with van der Waals surface area (Å²) in [6.45, 7) is 6.26. The third-order valence-electron chi connectivity index (χ3n) is 3.36. The van der Waals surface area contributed by atoms with Gasteiger partial charge < -0.3 is 9.73 Å². The van der Waals surface area contributed by atoms with E-state index in [2.05, 4.69) is 39.9 Å². The van der Waals surface area contributed by atoms with Crippen LogP contribution < -0.4 is 5.32 Å². The van der Waals surface area contributed by atoms with Crippen molar-refractivity contribution in [3.63, 3.8) is 0 Å². The normalized spacial score (nSPS) is 18.9. The summed E-state index contributed by atoms with van der Waals surface area (Å²) in [5.41, 5.74) is 0. The molecule has 0 saturated carbocycles. The molecular weight excluding hydrogens is 244 g/mol. The van der Waals surface area contributed by atoms with Gasteiger partial charge in [0.2, 0.25) is 0 Å². The van der Waals surface area contributed by atoms with E-state index in [1.165, 1.54) is 4.88 Å². The molecule has 3 nitrogen and oxygen atoms in total. The van der Waals surface area contributed by atoms with Crippen molar-refractivity contribution in [3.8, 4) is 0 Å². The third kappa shape index (κ3) is 2.36. The first kappa shape index (κ1) is 12.0. The van der Waals surface area contributed by atoms with Gasteiger partial charge in [-0.3, -0.25) is 4.90 Å². The molecule has 0 bridgehead atoms. The quantitative estimate of drug-likeness (QED) is 0.922. The predicted octanol–water partition coefficient (Wildman–Crippen LogP) is 2.64. The number of rotatable bonds is 3. The molecule has 3 rings (SSSR count). The fourth-order valence-electron chi connectivity index (χ4n) is 2.49. The molecule has 0 aliphatic carbocycles. The van der Waals surface area contributed by atoms with E-state index in [1.54, 1.807) is 11.3 Å². The highest BCUT2D eigenvalue weighted by Crippen LogP contribution is 2.32. The van der Waals surface area contributed by atoms with Crippen molar-refractivity contribution < 1.29 is 4.42 Å². The minimum Gasteiger partial charge on any atom is -0.464 e. The smallest absolute Gasteiger partial charge is 0.126 e. The van der Waals surface area contributed by atoms with Gasteiger partial charge in [-0.2, -0.15) is 0 Å². The van der Waals surface area contributed by atoms with Crippen molar-refractivity contribution in [2.75, 3.05) is 26.2 Å². The summed E-state index contributed by atoms with van der Waals surface area (Å²) in [6, 6.07) is 8.76. The molecule has 3 heterocycles. The highest BCUT2D eigenvalue weighted by atomic mass is 32.1. The molecule has 0 aromatic carbocycles. The Labute approximate surface area is 111 Å². The van der Waals surface area contributed by atoms with Crippen molar-refractivity contribution in [1.82, 2.24) is 10.2 Å². The van der Waals surface area contributed by atoms with Crippen molar-refractivity contribution in [2.45, 2.75) is 13.0 Å². The van der Waals surface area contributed by atoms with Crippen molar-refractivity contribution in [3.05, 3.63) is 46.0 Å². The molecule has 1 atom stereocenters. The highest BCUT2D eigenvalue weighted by Gasteiger charge is 2.26. The lowest BCUT2D eigenvalue weighted by molar-refractivity contribution is 0.181. The second-order valence-electron chi connectivity index (χ2n) is 4.65. The number of piperazine rings is 1. The van der Waals surface area contributed by atoms with Gasteiger partial charge in [-0.05, 0) is 30.5 Å². The van der Waals surface area contributed by atoms with Crippen LogP contribution in [0, 0.1) is 6.92 Å². The Balaban J connectivity index is 1.92. The van der Waals surface area contributed by atoms with Crippen LogP contribution in [0.3, 0.4) is 0 Å². The number of nitrogens with zero attached hydrogens (tertiary/aromatic N) is 1. The van der Waals surface area contributed by atoms with E-state index in [0.717, 1.165) is 37.7 Å². The molecule has 2 aromatic heterocycles. The maximum atomic E-state index is 5.87. The van der Waals surface area contributed by atoms with Gasteiger partial charge in [0.25, 0.3) is 0 Å². The van der Waals surface area contributed by atoms with Crippen molar-refractivity contribution >= 4 is 11.3 Å². The van der Waals surface area contributed by atoms with Crippen molar-refractivity contribution in [2.24, 2.45) is 0 Å². The Hall–Kier alpha value is -1.10. The van der Waals surface area contributed by atoms with Crippen LogP contribution in [0.5, 0.6) is 0 Å². The second kappa shape index (κ2) is 5.26. The monoisotopic (exact) mass is 262 g/mol. The van der Waals surface area contributed by atoms with Crippen LogP contribution in [0.2, 0.25) is 0 Å². The molecule has 2 aromatic rings. The molecule has 0 radical (unpaired) electrons. The lowest BCUT2D eigenvalue weighted by atomic mass is 10.1. The van der Waals surface area contributed by atoms with Gasteiger partial charge in [-0.25, -0.2) is 0 Å². The molecule has 18 heavy (non-hydrogen) atoms. The van der Waals surface area contributed by atoms with E-state index < -0.39 is 0 Å². The van der Waals surface area contributed by atoms with E-state index >= 15 is 0 Å². The Morgan fingerprint density at radius 2 is 2.11 bits per heavy atom. The standard InChI is InChI=1S/C14H18N2OS/c1-11-4-5-12(17-11)14(13-3-2-10-18-13)16-8-6-15-7-9-16/h2-5,10,14-15H,6-9H2,1H3/t14-/m0/s1. The lowest BCUT2D eigenvalue weighted by Crippen LogP contribution is -2.45. The molecule has 1 N–H and O–H groups in total. The Morgan fingerprint density at radius 3 is 2.72 bits per heavy atom. The van der Waals surface area contributed by atoms with E-state index in [1.807, 2.05) is 6.92 Å². The number of nitrogens with one attached hydrogen (secondary N) is 1. The van der Waals surface area contributed by atoms with Gasteiger partial charge in [-0.15, -0.1) is 11.3 Å². The zero-order chi connectivity index (χ0) is 12.4. The molecular formula is C14H18N2OS. The Bertz CT molecular complexity index is 486. The molecule has 1 aliphatic heterocycles. The first-order chi connectivity index (χ1) is 8.84. The van der Waals surface area contributed by atoms with Crippen LogP contribution in [-0.4, -0.2) is 31.1 Å². The lowest BCUT2D eigenvalue weighted by Gasteiger charge is -2.33. The Kier molecular flexibility index (Phi) is 3.50. The van der Waals surface area contributed by atoms with Gasteiger partial charge in [-0.1, -0.05) is 6.07 Å². The molecule has 1 fully saturated rings. The average Bonchev–Trinajstić information content (AvgIpc) is 3.04. The molecule has 96 valence electrons. The highest BCUT2D eigenvalue weighted by molar-refractivity contribution is 7.10. The minimum absolute atomic E-state index is 0.279. The number of furan rings is 1. The summed E-state index contributed by atoms with van der Waals surface area (Å²) in [7, 11) is 0. The maximum absolute atomic E-state index is 5.87. The number of thiophene rings is 1. The summed E-state index contributed by atoms with van der Waals surface area (Å²) >= 11 is 1.81. The van der Waals surface area contributed by atoms with E-state index in [-0.39, 0.29) is 6.04 Å². The molecule has 0 amide bonds. The van der Waals surface area contributed by atoms with Gasteiger partial charge in [0.15, 0.2) is 0 Å². The molecule has 1 aliphatic rings. The zero-order valence-corrected chi connectivity index (χ0v) is 11.4. The first-order valence-corrected chi connectivity index (χ1v) is 7.27. The van der Waals surface area contributed by atoms with Crippen LogP contribution in [0.15, 0.2) is 34.1 Å². The maximum Gasteiger partial charge on any atom is 0.126 e. The van der Waals surface area contributed by atoms with Crippen LogP contribution in [0.25, 0.3) is 0 Å². The van der Waals surface area contributed by atoms with Crippen LogP contribution >= 0.6 is 11.3 Å². The van der Waals surface area contributed by atoms with E-state index in [9.17, 15) is 0 Å². The molecule has 0 unspecified atom stereocenters. The van der Waals surface area contributed by atoms with Crippen LogP contribution in [0.4, 0.5) is 0 Å². The van der Waals surface area contributed by atoms with E-state index in [0.29, 0.717) is 0 Å². The summed E-state index contributed by atoms with van der Waals surface area (Å²) in [5, 5.41) is 5.54. The zero-order valence-electron chi connectivity index (χ0n) is 10.6. The van der Waals surface area contributed by atoms with Gasteiger partial charge >= 0.3 is 0 Å². The molecule has 4 heteroatoms. The summed E-state index contributed by atoms with van der Waals surface area (Å²) in [6.07, 6.45) is 0. The molecule has 0 spiro atoms. The predicted molar refractivity (Wildman–Crippen MR) is 74.0 cm³/mol. The van der Waals surface area contributed by atoms with Gasteiger partial charge in [0.05, 0.1) is 0 Å². The second-order valence-corrected chi connectivity index (χ2v) is 5.63.